The molecule has 2 heterocycles. The predicted octanol–water partition coefficient (Wildman–Crippen LogP) is 3.46. The number of para-hydroxylation sites is 2. The van der Waals surface area contributed by atoms with Gasteiger partial charge in [-0.25, -0.2) is 0 Å². The van der Waals surface area contributed by atoms with Gasteiger partial charge in [-0.15, -0.1) is 0 Å². The van der Waals surface area contributed by atoms with E-state index in [9.17, 15) is 9.59 Å². The van der Waals surface area contributed by atoms with E-state index in [-0.39, 0.29) is 6.61 Å². The fraction of sp³-hybridized carbons (Fsp3) is 0.227. The molecule has 2 aromatic carbocycles. The topological polar surface area (TPSA) is 82.5 Å². The Morgan fingerprint density at radius 2 is 1.66 bits per heavy atom. The summed E-state index contributed by atoms with van der Waals surface area (Å²) in [4.78, 5) is 25.3. The highest BCUT2D eigenvalue weighted by molar-refractivity contribution is 5.95. The molecule has 0 aliphatic carbocycles. The molecule has 7 nitrogen and oxygen atoms in total. The molecular weight excluding hydrogens is 370 g/mol. The standard InChI is InChI=1S/C22H21N3O4/c1-13-21(14(2)25(3)24-13)23-19(26)12-28-22(27)20-15-8-4-6-10-17(15)29-18-11-7-5-9-16(18)20/h4-11,20H,12H2,1-3H3,(H,23,26). The Morgan fingerprint density at radius 1 is 1.07 bits per heavy atom. The summed E-state index contributed by atoms with van der Waals surface area (Å²) >= 11 is 0. The number of aromatic nitrogens is 2. The SMILES string of the molecule is Cc1nn(C)c(C)c1NC(=O)COC(=O)C1c2ccccc2Oc2ccccc21. The average Bonchev–Trinajstić information content (AvgIpc) is 2.96. The van der Waals surface area contributed by atoms with Crippen molar-refractivity contribution in [2.45, 2.75) is 19.8 Å². The van der Waals surface area contributed by atoms with Crippen LogP contribution in [-0.4, -0.2) is 28.3 Å². The van der Waals surface area contributed by atoms with Gasteiger partial charge in [-0.1, -0.05) is 36.4 Å². The normalized spacial score (nSPS) is 12.5. The van der Waals surface area contributed by atoms with Crippen LogP contribution in [0.4, 0.5) is 5.69 Å². The summed E-state index contributed by atoms with van der Waals surface area (Å²) < 4.78 is 13.0. The van der Waals surface area contributed by atoms with Crippen LogP contribution in [0.2, 0.25) is 0 Å². The Labute approximate surface area is 168 Å². The molecule has 4 rings (SSSR count). The number of nitrogens with zero attached hydrogens (tertiary/aromatic N) is 2. The first kappa shape index (κ1) is 18.7. The Bertz CT molecular complexity index is 1060. The Balaban J connectivity index is 1.51. The van der Waals surface area contributed by atoms with Gasteiger partial charge in [0.15, 0.2) is 6.61 Å². The van der Waals surface area contributed by atoms with E-state index in [1.165, 1.54) is 0 Å². The highest BCUT2D eigenvalue weighted by Gasteiger charge is 2.33. The van der Waals surface area contributed by atoms with Gasteiger partial charge in [0.2, 0.25) is 0 Å². The van der Waals surface area contributed by atoms with Crippen LogP contribution in [0.15, 0.2) is 48.5 Å². The highest BCUT2D eigenvalue weighted by Crippen LogP contribution is 2.44. The van der Waals surface area contributed by atoms with Crippen LogP contribution in [0.1, 0.15) is 28.4 Å². The van der Waals surface area contributed by atoms with Crippen LogP contribution in [0, 0.1) is 13.8 Å². The number of anilines is 1. The quantitative estimate of drug-likeness (QED) is 0.689. The average molecular weight is 391 g/mol. The van der Waals surface area contributed by atoms with Crippen molar-refractivity contribution in [2.75, 3.05) is 11.9 Å². The van der Waals surface area contributed by atoms with Gasteiger partial charge in [0.25, 0.3) is 5.91 Å². The zero-order valence-electron chi connectivity index (χ0n) is 16.4. The largest absolute Gasteiger partial charge is 0.457 e. The molecular formula is C22H21N3O4. The number of benzene rings is 2. The zero-order valence-corrected chi connectivity index (χ0v) is 16.4. The maximum absolute atomic E-state index is 12.9. The molecule has 0 saturated carbocycles. The van der Waals surface area contributed by atoms with Crippen molar-refractivity contribution in [1.29, 1.82) is 0 Å². The van der Waals surface area contributed by atoms with Crippen LogP contribution in [0.25, 0.3) is 0 Å². The number of amides is 1. The van der Waals surface area contributed by atoms with E-state index in [0.29, 0.717) is 22.9 Å². The van der Waals surface area contributed by atoms with E-state index in [4.69, 9.17) is 9.47 Å². The number of aryl methyl sites for hydroxylation is 2. The summed E-state index contributed by atoms with van der Waals surface area (Å²) in [7, 11) is 1.80. The number of carbonyl (C=O) groups excluding carboxylic acids is 2. The van der Waals surface area contributed by atoms with Gasteiger partial charge in [0.05, 0.1) is 17.1 Å². The van der Waals surface area contributed by atoms with Gasteiger partial charge >= 0.3 is 5.97 Å². The van der Waals surface area contributed by atoms with Gasteiger partial charge in [-0.3, -0.25) is 14.3 Å². The smallest absolute Gasteiger partial charge is 0.318 e. The molecule has 1 aliphatic heterocycles. The minimum absolute atomic E-state index is 0.381. The Kier molecular flexibility index (Phi) is 4.80. The first-order valence-corrected chi connectivity index (χ1v) is 9.28. The maximum Gasteiger partial charge on any atom is 0.318 e. The summed E-state index contributed by atoms with van der Waals surface area (Å²) in [5, 5.41) is 7.03. The minimum Gasteiger partial charge on any atom is -0.457 e. The van der Waals surface area contributed by atoms with Gasteiger partial charge in [-0.2, -0.15) is 5.10 Å². The number of hydrogen-bond acceptors (Lipinski definition) is 5. The third-order valence-electron chi connectivity index (χ3n) is 5.03. The van der Waals surface area contributed by atoms with E-state index in [1.807, 2.05) is 62.4 Å². The first-order valence-electron chi connectivity index (χ1n) is 9.28. The van der Waals surface area contributed by atoms with E-state index in [2.05, 4.69) is 10.4 Å². The lowest BCUT2D eigenvalue weighted by molar-refractivity contribution is -0.148. The fourth-order valence-corrected chi connectivity index (χ4v) is 3.51. The van der Waals surface area contributed by atoms with Gasteiger partial charge < -0.3 is 14.8 Å². The van der Waals surface area contributed by atoms with Gasteiger partial charge in [-0.05, 0) is 26.0 Å². The second kappa shape index (κ2) is 7.43. The second-order valence-corrected chi connectivity index (χ2v) is 6.94. The number of nitrogens with one attached hydrogen (secondary N) is 1. The van der Waals surface area contributed by atoms with Crippen molar-refractivity contribution in [1.82, 2.24) is 9.78 Å². The molecule has 1 N–H and O–H groups in total. The molecule has 0 bridgehead atoms. The number of carbonyl (C=O) groups is 2. The molecule has 0 unspecified atom stereocenters. The monoisotopic (exact) mass is 391 g/mol. The third kappa shape index (κ3) is 3.47. The van der Waals surface area contributed by atoms with Gasteiger partial charge in [0.1, 0.15) is 17.4 Å². The first-order chi connectivity index (χ1) is 14.0. The molecule has 0 saturated heterocycles. The zero-order chi connectivity index (χ0) is 20.5. The number of fused-ring (bicyclic) bond motifs is 2. The van der Waals surface area contributed by atoms with E-state index < -0.39 is 17.8 Å². The number of esters is 1. The van der Waals surface area contributed by atoms with Crippen molar-refractivity contribution in [2.24, 2.45) is 7.05 Å². The maximum atomic E-state index is 12.9. The molecule has 0 radical (unpaired) electrons. The second-order valence-electron chi connectivity index (χ2n) is 6.94. The van der Waals surface area contributed by atoms with Gasteiger partial charge in [0, 0.05) is 18.2 Å². The molecule has 148 valence electrons. The summed E-state index contributed by atoms with van der Waals surface area (Å²) in [5.41, 5.74) is 3.60. The molecule has 1 amide bonds. The number of rotatable bonds is 4. The summed E-state index contributed by atoms with van der Waals surface area (Å²) in [5.74, 6) is -0.335. The van der Waals surface area contributed by atoms with E-state index >= 15 is 0 Å². The summed E-state index contributed by atoms with van der Waals surface area (Å²) in [6.07, 6.45) is 0. The fourth-order valence-electron chi connectivity index (χ4n) is 3.51. The van der Waals surface area contributed by atoms with Crippen LogP contribution in [-0.2, 0) is 21.4 Å². The molecule has 0 fully saturated rings. The number of hydrogen-bond donors (Lipinski definition) is 1. The molecule has 1 aliphatic rings. The molecule has 1 aromatic heterocycles. The van der Waals surface area contributed by atoms with Crippen molar-refractivity contribution in [3.8, 4) is 11.5 Å². The molecule has 7 heteroatoms. The van der Waals surface area contributed by atoms with Crippen molar-refractivity contribution in [3.63, 3.8) is 0 Å². The lowest BCUT2D eigenvalue weighted by atomic mass is 9.88. The lowest BCUT2D eigenvalue weighted by Gasteiger charge is -2.26. The van der Waals surface area contributed by atoms with Crippen LogP contribution in [0.5, 0.6) is 11.5 Å². The number of ether oxygens (including phenoxy) is 2. The molecule has 3 aromatic rings. The van der Waals surface area contributed by atoms with Crippen molar-refractivity contribution in [3.05, 3.63) is 71.0 Å². The van der Waals surface area contributed by atoms with E-state index in [1.54, 1.807) is 11.7 Å². The Hall–Kier alpha value is -3.61. The summed E-state index contributed by atoms with van der Waals surface area (Å²) in [6.45, 7) is 3.29. The Morgan fingerprint density at radius 3 is 2.21 bits per heavy atom. The molecule has 29 heavy (non-hydrogen) atoms. The minimum atomic E-state index is -0.647. The summed E-state index contributed by atoms with van der Waals surface area (Å²) in [6, 6.07) is 14.7. The van der Waals surface area contributed by atoms with Crippen LogP contribution in [0.3, 0.4) is 0 Å². The third-order valence-corrected chi connectivity index (χ3v) is 5.03. The highest BCUT2D eigenvalue weighted by atomic mass is 16.5. The lowest BCUT2D eigenvalue weighted by Crippen LogP contribution is -2.26. The van der Waals surface area contributed by atoms with Crippen LogP contribution < -0.4 is 10.1 Å². The van der Waals surface area contributed by atoms with E-state index in [0.717, 1.165) is 16.8 Å². The van der Waals surface area contributed by atoms with Crippen molar-refractivity contribution >= 4 is 17.6 Å². The van der Waals surface area contributed by atoms with Crippen LogP contribution >= 0.6 is 0 Å². The molecule has 0 spiro atoms. The predicted molar refractivity (Wildman–Crippen MR) is 107 cm³/mol. The molecule has 0 atom stereocenters. The van der Waals surface area contributed by atoms with Crippen molar-refractivity contribution < 1.29 is 19.1 Å².